The first-order valence-electron chi connectivity index (χ1n) is 7.92. The zero-order valence-corrected chi connectivity index (χ0v) is 13.5. The van der Waals surface area contributed by atoms with Gasteiger partial charge in [-0.1, -0.05) is 20.3 Å². The minimum absolute atomic E-state index is 0.0211. The van der Waals surface area contributed by atoms with Gasteiger partial charge in [0.2, 0.25) is 11.8 Å². The monoisotopic (exact) mass is 296 g/mol. The van der Waals surface area contributed by atoms with Crippen LogP contribution in [-0.4, -0.2) is 54.6 Å². The molecule has 5 heteroatoms. The molecule has 21 heavy (non-hydrogen) atoms. The Morgan fingerprint density at radius 2 is 1.95 bits per heavy atom. The topological polar surface area (TPSA) is 57.7 Å². The van der Waals surface area contributed by atoms with Gasteiger partial charge in [0.25, 0.3) is 0 Å². The van der Waals surface area contributed by atoms with Crippen LogP contribution in [-0.2, 0) is 14.4 Å². The van der Waals surface area contributed by atoms with Gasteiger partial charge in [-0.25, -0.2) is 0 Å². The van der Waals surface area contributed by atoms with Crippen LogP contribution >= 0.6 is 0 Å². The third kappa shape index (κ3) is 5.86. The van der Waals surface area contributed by atoms with Crippen LogP contribution in [0.3, 0.4) is 0 Å². The van der Waals surface area contributed by atoms with E-state index in [2.05, 4.69) is 6.92 Å². The second-order valence-electron chi connectivity index (χ2n) is 6.28. The van der Waals surface area contributed by atoms with Crippen molar-refractivity contribution in [1.29, 1.82) is 0 Å². The van der Waals surface area contributed by atoms with Gasteiger partial charge in [-0.05, 0) is 18.8 Å². The van der Waals surface area contributed by atoms with Crippen LogP contribution < -0.4 is 0 Å². The van der Waals surface area contributed by atoms with Gasteiger partial charge in [-0.15, -0.1) is 0 Å². The maximum Gasteiger partial charge on any atom is 0.225 e. The van der Waals surface area contributed by atoms with Crippen LogP contribution in [0.25, 0.3) is 0 Å². The highest BCUT2D eigenvalue weighted by Gasteiger charge is 2.26. The van der Waals surface area contributed by atoms with Gasteiger partial charge in [0.1, 0.15) is 6.29 Å². The number of unbranched alkanes of at least 4 members (excludes halogenated alkanes) is 2. The number of carbonyl (C=O) groups is 3. The van der Waals surface area contributed by atoms with E-state index in [9.17, 15) is 14.4 Å². The van der Waals surface area contributed by atoms with Gasteiger partial charge >= 0.3 is 0 Å². The molecule has 0 radical (unpaired) electrons. The molecule has 0 spiro atoms. The Bertz CT molecular complexity index is 365. The van der Waals surface area contributed by atoms with E-state index in [0.29, 0.717) is 18.9 Å². The summed E-state index contributed by atoms with van der Waals surface area (Å²) in [5.41, 5.74) is 0. The van der Waals surface area contributed by atoms with Crippen LogP contribution in [0.4, 0.5) is 0 Å². The minimum Gasteiger partial charge on any atom is -0.346 e. The van der Waals surface area contributed by atoms with Crippen molar-refractivity contribution in [2.45, 2.75) is 46.0 Å². The summed E-state index contributed by atoms with van der Waals surface area (Å²) in [7, 11) is 1.77. The molecule has 0 bridgehead atoms. The van der Waals surface area contributed by atoms with E-state index in [1.54, 1.807) is 18.9 Å². The van der Waals surface area contributed by atoms with Crippen LogP contribution in [0.5, 0.6) is 0 Å². The quantitative estimate of drug-likeness (QED) is 0.481. The molecule has 5 nitrogen and oxygen atoms in total. The molecule has 1 aliphatic heterocycles. The van der Waals surface area contributed by atoms with Crippen molar-refractivity contribution in [1.82, 2.24) is 9.80 Å². The average molecular weight is 296 g/mol. The summed E-state index contributed by atoms with van der Waals surface area (Å²) < 4.78 is 0. The molecular formula is C16H28N2O3. The van der Waals surface area contributed by atoms with Crippen molar-refractivity contribution in [3.63, 3.8) is 0 Å². The third-order valence-electron chi connectivity index (χ3n) is 4.05. The molecule has 0 aromatic carbocycles. The lowest BCUT2D eigenvalue weighted by Crippen LogP contribution is -2.48. The molecule has 0 aromatic rings. The first kappa shape index (κ1) is 17.7. The summed E-state index contributed by atoms with van der Waals surface area (Å²) in [6.07, 6.45) is 4.43. The predicted molar refractivity (Wildman–Crippen MR) is 81.7 cm³/mol. The Morgan fingerprint density at radius 3 is 2.52 bits per heavy atom. The van der Waals surface area contributed by atoms with Crippen molar-refractivity contribution in [2.75, 3.05) is 26.7 Å². The zero-order chi connectivity index (χ0) is 15.8. The van der Waals surface area contributed by atoms with E-state index >= 15 is 0 Å². The lowest BCUT2D eigenvalue weighted by Gasteiger charge is -2.37. The Labute approximate surface area is 127 Å². The zero-order valence-electron chi connectivity index (χ0n) is 13.5. The summed E-state index contributed by atoms with van der Waals surface area (Å²) in [4.78, 5) is 37.7. The highest BCUT2D eigenvalue weighted by molar-refractivity contribution is 5.80. The normalized spacial score (nSPS) is 16.2. The molecular weight excluding hydrogens is 268 g/mol. The van der Waals surface area contributed by atoms with E-state index in [4.69, 9.17) is 0 Å². The molecule has 1 saturated heterocycles. The fourth-order valence-electron chi connectivity index (χ4n) is 2.59. The summed E-state index contributed by atoms with van der Waals surface area (Å²) in [5, 5.41) is 0. The Kier molecular flexibility index (Phi) is 7.40. The predicted octanol–water partition coefficient (Wildman–Crippen LogP) is 1.71. The number of likely N-dealkylation sites (tertiary alicyclic amines) is 1. The van der Waals surface area contributed by atoms with Crippen molar-refractivity contribution in [2.24, 2.45) is 11.8 Å². The van der Waals surface area contributed by atoms with Crippen molar-refractivity contribution in [3.8, 4) is 0 Å². The molecule has 1 rings (SSSR count). The summed E-state index contributed by atoms with van der Waals surface area (Å²) >= 11 is 0. The van der Waals surface area contributed by atoms with E-state index in [0.717, 1.165) is 38.6 Å². The fourth-order valence-corrected chi connectivity index (χ4v) is 2.59. The van der Waals surface area contributed by atoms with Gasteiger partial charge in [-0.3, -0.25) is 9.59 Å². The van der Waals surface area contributed by atoms with E-state index < -0.39 is 0 Å². The second kappa shape index (κ2) is 8.80. The Balaban J connectivity index is 2.06. The maximum atomic E-state index is 11.9. The molecule has 1 atom stereocenters. The maximum absolute atomic E-state index is 11.9. The fraction of sp³-hybridized carbons (Fsp3) is 0.812. The molecule has 0 N–H and O–H groups in total. The molecule has 0 aromatic heterocycles. The molecule has 1 fully saturated rings. The third-order valence-corrected chi connectivity index (χ3v) is 4.05. The van der Waals surface area contributed by atoms with Gasteiger partial charge in [0.05, 0.1) is 0 Å². The summed E-state index contributed by atoms with van der Waals surface area (Å²) in [5.74, 6) is 0.703. The lowest BCUT2D eigenvalue weighted by molar-refractivity contribution is -0.137. The van der Waals surface area contributed by atoms with Gasteiger partial charge in [-0.2, -0.15) is 0 Å². The second-order valence-corrected chi connectivity index (χ2v) is 6.28. The first-order chi connectivity index (χ1) is 9.95. The van der Waals surface area contributed by atoms with Crippen LogP contribution in [0.1, 0.15) is 46.0 Å². The van der Waals surface area contributed by atoms with Crippen LogP contribution in [0, 0.1) is 11.8 Å². The molecule has 0 aliphatic carbocycles. The minimum atomic E-state index is -0.234. The number of carbonyl (C=O) groups excluding carboxylic acids is 3. The largest absolute Gasteiger partial charge is 0.346 e. The molecule has 0 saturated carbocycles. The number of hydrogen-bond acceptors (Lipinski definition) is 3. The molecule has 1 unspecified atom stereocenters. The number of nitrogens with zero attached hydrogens (tertiary/aromatic N) is 2. The molecule has 120 valence electrons. The van der Waals surface area contributed by atoms with E-state index in [-0.39, 0.29) is 24.2 Å². The first-order valence-corrected chi connectivity index (χ1v) is 7.92. The average Bonchev–Trinajstić information content (AvgIpc) is 2.42. The van der Waals surface area contributed by atoms with Crippen molar-refractivity contribution >= 4 is 18.1 Å². The van der Waals surface area contributed by atoms with Crippen LogP contribution in [0.2, 0.25) is 0 Å². The summed E-state index contributed by atoms with van der Waals surface area (Å²) in [6.45, 7) is 6.44. The number of hydrogen-bond donors (Lipinski definition) is 0. The Morgan fingerprint density at radius 1 is 1.29 bits per heavy atom. The van der Waals surface area contributed by atoms with Gasteiger partial charge in [0.15, 0.2) is 0 Å². The number of rotatable bonds is 9. The lowest BCUT2D eigenvalue weighted by atomic mass is 10.0. The highest BCUT2D eigenvalue weighted by Crippen LogP contribution is 2.16. The van der Waals surface area contributed by atoms with E-state index in [1.165, 1.54) is 0 Å². The Hall–Kier alpha value is -1.39. The standard InChI is InChI=1S/C16H28N2O3/c1-13-11-18(12-13)15(20)7-5-4-6-9-17(3)16(21)14(2)8-10-19/h10,13-14H,4-9,11-12H2,1-3H3. The van der Waals surface area contributed by atoms with Crippen molar-refractivity contribution in [3.05, 3.63) is 0 Å². The van der Waals surface area contributed by atoms with Crippen molar-refractivity contribution < 1.29 is 14.4 Å². The number of aldehydes is 1. The van der Waals surface area contributed by atoms with E-state index in [1.807, 2.05) is 4.90 Å². The molecule has 2 amide bonds. The van der Waals surface area contributed by atoms with Gasteiger partial charge in [0, 0.05) is 45.4 Å². The smallest absolute Gasteiger partial charge is 0.225 e. The highest BCUT2D eigenvalue weighted by atomic mass is 16.2. The molecule has 1 heterocycles. The number of amides is 2. The molecule has 1 aliphatic rings. The summed E-state index contributed by atoms with van der Waals surface area (Å²) in [6, 6.07) is 0. The van der Waals surface area contributed by atoms with Gasteiger partial charge < -0.3 is 14.6 Å². The SMILES string of the molecule is CC1CN(C(=O)CCCCCN(C)C(=O)C(C)CC=O)C1. The van der Waals surface area contributed by atoms with Crippen LogP contribution in [0.15, 0.2) is 0 Å².